The van der Waals surface area contributed by atoms with E-state index in [1.54, 1.807) is 0 Å². The highest BCUT2D eigenvalue weighted by atomic mass is 19.4. The van der Waals surface area contributed by atoms with Gasteiger partial charge in [0.05, 0.1) is 5.92 Å². The molecule has 3 atom stereocenters. The van der Waals surface area contributed by atoms with Crippen LogP contribution in [0.3, 0.4) is 0 Å². The van der Waals surface area contributed by atoms with Crippen molar-refractivity contribution in [1.29, 1.82) is 0 Å². The predicted molar refractivity (Wildman–Crippen MR) is 67.4 cm³/mol. The second-order valence-electron chi connectivity index (χ2n) is 5.70. The smallest absolute Gasteiger partial charge is 0.414 e. The lowest BCUT2D eigenvalue weighted by molar-refractivity contribution is -0.232. The molecule has 1 fully saturated rings. The Hall–Kier alpha value is -0.820. The van der Waals surface area contributed by atoms with Crippen molar-refractivity contribution in [1.82, 2.24) is 5.32 Å². The van der Waals surface area contributed by atoms with Crippen molar-refractivity contribution in [2.24, 2.45) is 11.8 Å². The van der Waals surface area contributed by atoms with Gasteiger partial charge in [0.25, 0.3) is 0 Å². The largest absolute Gasteiger partial charge is 0.481 e. The number of carbonyl (C=O) groups is 1. The summed E-state index contributed by atoms with van der Waals surface area (Å²) in [5, 5.41) is 12.0. The van der Waals surface area contributed by atoms with E-state index in [1.165, 1.54) is 0 Å². The first-order valence-electron chi connectivity index (χ1n) is 6.84. The fraction of sp³-hybridized carbons (Fsp3) is 0.923. The maximum atomic E-state index is 12.6. The number of nitrogens with one attached hydrogen (secondary N) is 1. The molecule has 0 radical (unpaired) electrons. The fourth-order valence-corrected chi connectivity index (χ4v) is 2.36. The molecular weight excluding hydrogens is 275 g/mol. The van der Waals surface area contributed by atoms with Crippen LogP contribution >= 0.6 is 0 Å². The van der Waals surface area contributed by atoms with Crippen molar-refractivity contribution in [3.8, 4) is 0 Å². The molecule has 0 aromatic heterocycles. The summed E-state index contributed by atoms with van der Waals surface area (Å²) in [6, 6.07) is -0.343. The molecule has 4 nitrogen and oxygen atoms in total. The van der Waals surface area contributed by atoms with Crippen molar-refractivity contribution in [2.45, 2.75) is 51.4 Å². The van der Waals surface area contributed by atoms with E-state index in [9.17, 15) is 18.0 Å². The van der Waals surface area contributed by atoms with E-state index in [1.807, 2.05) is 13.8 Å². The van der Waals surface area contributed by atoms with Crippen LogP contribution in [0.5, 0.6) is 0 Å². The second-order valence-corrected chi connectivity index (χ2v) is 5.70. The zero-order valence-electron chi connectivity index (χ0n) is 11.7. The van der Waals surface area contributed by atoms with Crippen LogP contribution in [0.4, 0.5) is 13.2 Å². The lowest BCUT2D eigenvalue weighted by Gasteiger charge is -2.32. The molecule has 0 amide bonds. The highest BCUT2D eigenvalue weighted by Crippen LogP contribution is 2.29. The summed E-state index contributed by atoms with van der Waals surface area (Å²) in [5.41, 5.74) is 0. The Bertz CT molecular complexity index is 320. The minimum absolute atomic E-state index is 0.0454. The molecule has 7 heteroatoms. The van der Waals surface area contributed by atoms with Crippen LogP contribution in [0.25, 0.3) is 0 Å². The molecule has 0 aliphatic carbocycles. The maximum absolute atomic E-state index is 12.6. The average molecular weight is 297 g/mol. The van der Waals surface area contributed by atoms with Gasteiger partial charge in [-0.25, -0.2) is 0 Å². The van der Waals surface area contributed by atoms with Gasteiger partial charge in [0, 0.05) is 19.2 Å². The lowest BCUT2D eigenvalue weighted by atomic mass is 9.96. The molecule has 0 spiro atoms. The SMILES string of the molecule is CC(C)CC(CNC1CCOC(C(F)(F)F)C1)C(=O)O. The first-order valence-corrected chi connectivity index (χ1v) is 6.84. The molecule has 118 valence electrons. The molecule has 1 aliphatic heterocycles. The van der Waals surface area contributed by atoms with Gasteiger partial charge in [-0.05, 0) is 25.2 Å². The van der Waals surface area contributed by atoms with Gasteiger partial charge in [0.1, 0.15) is 0 Å². The summed E-state index contributed by atoms with van der Waals surface area (Å²) < 4.78 is 42.4. The Kier molecular flexibility index (Phi) is 6.26. The standard InChI is InChI=1S/C13H22F3NO3/c1-8(2)5-9(12(18)19)7-17-10-3-4-20-11(6-10)13(14,15)16/h8-11,17H,3-7H2,1-2H3,(H,18,19). The number of carboxylic acids is 1. The monoisotopic (exact) mass is 297 g/mol. The molecule has 1 saturated heterocycles. The van der Waals surface area contributed by atoms with Crippen LogP contribution in [0.2, 0.25) is 0 Å². The number of alkyl halides is 3. The Morgan fingerprint density at radius 3 is 2.60 bits per heavy atom. The number of rotatable bonds is 6. The third-order valence-electron chi connectivity index (χ3n) is 3.41. The fourth-order valence-electron chi connectivity index (χ4n) is 2.36. The van der Waals surface area contributed by atoms with Crippen molar-refractivity contribution >= 4 is 5.97 Å². The molecule has 0 saturated carbocycles. The van der Waals surface area contributed by atoms with E-state index in [-0.39, 0.29) is 31.5 Å². The van der Waals surface area contributed by atoms with Crippen LogP contribution in [0.15, 0.2) is 0 Å². The maximum Gasteiger partial charge on any atom is 0.414 e. The normalized spacial score (nSPS) is 25.7. The minimum atomic E-state index is -4.36. The van der Waals surface area contributed by atoms with E-state index in [0.29, 0.717) is 12.8 Å². The third kappa shape index (κ3) is 5.66. The van der Waals surface area contributed by atoms with Gasteiger partial charge in [-0.15, -0.1) is 0 Å². The number of carboxylic acid groups (broad SMARTS) is 1. The van der Waals surface area contributed by atoms with Crippen LogP contribution < -0.4 is 5.32 Å². The Balaban J connectivity index is 2.45. The minimum Gasteiger partial charge on any atom is -0.481 e. The second kappa shape index (κ2) is 7.26. The first-order chi connectivity index (χ1) is 9.20. The van der Waals surface area contributed by atoms with Crippen LogP contribution in [0, 0.1) is 11.8 Å². The highest BCUT2D eigenvalue weighted by Gasteiger charge is 2.43. The van der Waals surface area contributed by atoms with Crippen LogP contribution in [-0.2, 0) is 9.53 Å². The molecule has 1 heterocycles. The van der Waals surface area contributed by atoms with Gasteiger partial charge in [-0.3, -0.25) is 4.79 Å². The predicted octanol–water partition coefficient (Wildman–Crippen LogP) is 2.43. The highest BCUT2D eigenvalue weighted by molar-refractivity contribution is 5.70. The first kappa shape index (κ1) is 17.2. The van der Waals surface area contributed by atoms with Gasteiger partial charge >= 0.3 is 12.1 Å². The average Bonchev–Trinajstić information content (AvgIpc) is 2.33. The van der Waals surface area contributed by atoms with Gasteiger partial charge in [-0.2, -0.15) is 13.2 Å². The Morgan fingerprint density at radius 2 is 2.10 bits per heavy atom. The van der Waals surface area contributed by atoms with E-state index < -0.39 is 24.2 Å². The molecule has 0 aromatic rings. The summed E-state index contributed by atoms with van der Waals surface area (Å²) in [6.07, 6.45) is -5.28. The molecule has 3 unspecified atom stereocenters. The van der Waals surface area contributed by atoms with E-state index >= 15 is 0 Å². The topological polar surface area (TPSA) is 58.6 Å². The molecule has 20 heavy (non-hydrogen) atoms. The van der Waals surface area contributed by atoms with E-state index in [2.05, 4.69) is 5.32 Å². The van der Waals surface area contributed by atoms with Gasteiger partial charge < -0.3 is 15.2 Å². The van der Waals surface area contributed by atoms with Crippen molar-refractivity contribution < 1.29 is 27.8 Å². The quantitative estimate of drug-likeness (QED) is 0.790. The van der Waals surface area contributed by atoms with Crippen molar-refractivity contribution in [3.63, 3.8) is 0 Å². The number of aliphatic carboxylic acids is 1. The third-order valence-corrected chi connectivity index (χ3v) is 3.41. The Morgan fingerprint density at radius 1 is 1.45 bits per heavy atom. The molecular formula is C13H22F3NO3. The number of halogens is 3. The zero-order chi connectivity index (χ0) is 15.3. The molecule has 1 aliphatic rings. The molecule has 2 N–H and O–H groups in total. The summed E-state index contributed by atoms with van der Waals surface area (Å²) in [5.74, 6) is -1.25. The summed E-state index contributed by atoms with van der Waals surface area (Å²) in [6.45, 7) is 4.08. The number of ether oxygens (including phenoxy) is 1. The van der Waals surface area contributed by atoms with Crippen LogP contribution in [0.1, 0.15) is 33.1 Å². The molecule has 0 aromatic carbocycles. The number of hydrogen-bond donors (Lipinski definition) is 2. The van der Waals surface area contributed by atoms with Gasteiger partial charge in [0.2, 0.25) is 0 Å². The van der Waals surface area contributed by atoms with Crippen molar-refractivity contribution in [3.05, 3.63) is 0 Å². The Labute approximate surface area is 116 Å². The van der Waals surface area contributed by atoms with Gasteiger partial charge in [0.15, 0.2) is 6.10 Å². The molecule has 1 rings (SSSR count). The molecule has 0 bridgehead atoms. The van der Waals surface area contributed by atoms with Crippen LogP contribution in [-0.4, -0.2) is 42.5 Å². The lowest BCUT2D eigenvalue weighted by Crippen LogP contribution is -2.46. The van der Waals surface area contributed by atoms with Gasteiger partial charge in [-0.1, -0.05) is 13.8 Å². The van der Waals surface area contributed by atoms with Crippen molar-refractivity contribution in [2.75, 3.05) is 13.2 Å². The van der Waals surface area contributed by atoms with E-state index in [4.69, 9.17) is 9.84 Å². The zero-order valence-corrected chi connectivity index (χ0v) is 11.7. The van der Waals surface area contributed by atoms with E-state index in [0.717, 1.165) is 0 Å². The summed E-state index contributed by atoms with van der Waals surface area (Å²) in [4.78, 5) is 11.1. The number of hydrogen-bond acceptors (Lipinski definition) is 3. The summed E-state index contributed by atoms with van der Waals surface area (Å²) in [7, 11) is 0. The summed E-state index contributed by atoms with van der Waals surface area (Å²) >= 11 is 0.